The molecule has 1 aliphatic carbocycles. The van der Waals surface area contributed by atoms with E-state index in [-0.39, 0.29) is 0 Å². The van der Waals surface area contributed by atoms with Crippen LogP contribution in [0.3, 0.4) is 0 Å². The third kappa shape index (κ3) is 1.00. The normalized spacial score (nSPS) is 21.0. The van der Waals surface area contributed by atoms with E-state index in [1.807, 2.05) is 0 Å². The zero-order chi connectivity index (χ0) is 8.55. The van der Waals surface area contributed by atoms with Gasteiger partial charge in [0.15, 0.2) is 5.82 Å². The van der Waals surface area contributed by atoms with Crippen molar-refractivity contribution in [3.63, 3.8) is 0 Å². The highest BCUT2D eigenvalue weighted by molar-refractivity contribution is 5.49. The molecule has 66 valence electrons. The summed E-state index contributed by atoms with van der Waals surface area (Å²) in [6.45, 7) is 5.30. The largest absolute Gasteiger partial charge is 0.369 e. The Labute approximate surface area is 72.6 Å². The Morgan fingerprint density at radius 3 is 3.25 bits per heavy atom. The number of rotatable bonds is 2. The molecule has 0 radical (unpaired) electrons. The maximum absolute atomic E-state index is 4.24. The summed E-state index contributed by atoms with van der Waals surface area (Å²) in [7, 11) is 0. The molecule has 1 aromatic heterocycles. The number of anilines is 1. The molecule has 0 bridgehead atoms. The van der Waals surface area contributed by atoms with E-state index >= 15 is 0 Å². The van der Waals surface area contributed by atoms with Gasteiger partial charge in [0.05, 0.1) is 0 Å². The van der Waals surface area contributed by atoms with Crippen molar-refractivity contribution in [3.05, 3.63) is 11.3 Å². The monoisotopic (exact) mass is 165 g/mol. The zero-order valence-corrected chi connectivity index (χ0v) is 7.65. The van der Waals surface area contributed by atoms with Crippen molar-refractivity contribution >= 4 is 5.82 Å². The number of nitrogens with one attached hydrogen (secondary N) is 2. The van der Waals surface area contributed by atoms with Crippen molar-refractivity contribution in [1.29, 1.82) is 0 Å². The van der Waals surface area contributed by atoms with Gasteiger partial charge in [0.2, 0.25) is 0 Å². The average molecular weight is 165 g/mol. The van der Waals surface area contributed by atoms with Crippen LogP contribution in [0.5, 0.6) is 0 Å². The van der Waals surface area contributed by atoms with Gasteiger partial charge in [0.25, 0.3) is 0 Å². The highest BCUT2D eigenvalue weighted by atomic mass is 15.2. The lowest BCUT2D eigenvalue weighted by Crippen LogP contribution is -1.99. The molecule has 0 spiro atoms. The molecule has 1 heterocycles. The predicted octanol–water partition coefficient (Wildman–Crippen LogP) is 1.89. The van der Waals surface area contributed by atoms with Crippen LogP contribution in [0.25, 0.3) is 0 Å². The van der Waals surface area contributed by atoms with Gasteiger partial charge in [-0.15, -0.1) is 0 Å². The van der Waals surface area contributed by atoms with Gasteiger partial charge >= 0.3 is 0 Å². The van der Waals surface area contributed by atoms with E-state index in [9.17, 15) is 0 Å². The van der Waals surface area contributed by atoms with Crippen molar-refractivity contribution < 1.29 is 0 Å². The van der Waals surface area contributed by atoms with Gasteiger partial charge in [-0.05, 0) is 25.7 Å². The summed E-state index contributed by atoms with van der Waals surface area (Å²) in [6, 6.07) is 0. The molecule has 0 aromatic carbocycles. The van der Waals surface area contributed by atoms with Crippen molar-refractivity contribution in [2.45, 2.75) is 32.6 Å². The zero-order valence-electron chi connectivity index (χ0n) is 7.65. The average Bonchev–Trinajstić information content (AvgIpc) is 2.58. The Balaban J connectivity index is 2.30. The van der Waals surface area contributed by atoms with Crippen LogP contribution in [0, 0.1) is 0 Å². The minimum absolute atomic E-state index is 0.667. The lowest BCUT2D eigenvalue weighted by molar-refractivity contribution is 0.716. The van der Waals surface area contributed by atoms with Crippen LogP contribution in [0.4, 0.5) is 5.82 Å². The number of aromatic nitrogens is 2. The van der Waals surface area contributed by atoms with Crippen LogP contribution >= 0.6 is 0 Å². The Morgan fingerprint density at radius 2 is 2.50 bits per heavy atom. The number of H-pyrrole nitrogens is 1. The Bertz CT molecular complexity index is 277. The molecule has 3 nitrogen and oxygen atoms in total. The molecule has 3 heteroatoms. The van der Waals surface area contributed by atoms with Crippen LogP contribution in [-0.4, -0.2) is 16.7 Å². The third-order valence-electron chi connectivity index (χ3n) is 2.56. The molecule has 1 unspecified atom stereocenters. The fraction of sp³-hybridized carbons (Fsp3) is 0.667. The van der Waals surface area contributed by atoms with Gasteiger partial charge in [-0.1, -0.05) is 6.92 Å². The molecule has 1 aliphatic rings. The summed E-state index contributed by atoms with van der Waals surface area (Å²) in [4.78, 5) is 0. The first-order valence-electron chi connectivity index (χ1n) is 4.64. The molecule has 0 saturated heterocycles. The predicted molar refractivity (Wildman–Crippen MR) is 49.5 cm³/mol. The van der Waals surface area contributed by atoms with Crippen molar-refractivity contribution in [3.8, 4) is 0 Å². The van der Waals surface area contributed by atoms with E-state index in [4.69, 9.17) is 0 Å². The first-order chi connectivity index (χ1) is 5.83. The van der Waals surface area contributed by atoms with E-state index in [0.717, 1.165) is 12.4 Å². The summed E-state index contributed by atoms with van der Waals surface area (Å²) in [6.07, 6.45) is 2.44. The first kappa shape index (κ1) is 7.65. The van der Waals surface area contributed by atoms with E-state index in [2.05, 4.69) is 29.4 Å². The standard InChI is InChI=1S/C9H15N3/c1-3-10-9-7-5-4-6(2)8(7)11-12-9/h6H,3-5H2,1-2H3,(H2,10,11,12). The molecule has 1 atom stereocenters. The number of hydrogen-bond donors (Lipinski definition) is 2. The Kier molecular flexibility index (Phi) is 1.79. The molecule has 2 rings (SSSR count). The van der Waals surface area contributed by atoms with E-state index in [0.29, 0.717) is 5.92 Å². The van der Waals surface area contributed by atoms with Crippen LogP contribution in [0.1, 0.15) is 37.4 Å². The van der Waals surface area contributed by atoms with E-state index < -0.39 is 0 Å². The molecule has 0 aliphatic heterocycles. The fourth-order valence-corrected chi connectivity index (χ4v) is 1.86. The van der Waals surface area contributed by atoms with Crippen molar-refractivity contribution in [2.75, 3.05) is 11.9 Å². The number of fused-ring (bicyclic) bond motifs is 1. The van der Waals surface area contributed by atoms with Crippen LogP contribution in [0.2, 0.25) is 0 Å². The second kappa shape index (κ2) is 2.81. The minimum atomic E-state index is 0.667. The van der Waals surface area contributed by atoms with Crippen LogP contribution < -0.4 is 5.32 Å². The third-order valence-corrected chi connectivity index (χ3v) is 2.56. The maximum atomic E-state index is 4.24. The van der Waals surface area contributed by atoms with Crippen molar-refractivity contribution in [1.82, 2.24) is 10.2 Å². The highest BCUT2D eigenvalue weighted by Crippen LogP contribution is 2.34. The lowest BCUT2D eigenvalue weighted by Gasteiger charge is -1.98. The van der Waals surface area contributed by atoms with Gasteiger partial charge in [0, 0.05) is 17.8 Å². The van der Waals surface area contributed by atoms with E-state index in [1.54, 1.807) is 0 Å². The Morgan fingerprint density at radius 1 is 1.67 bits per heavy atom. The summed E-state index contributed by atoms with van der Waals surface area (Å²) in [5.74, 6) is 1.73. The number of hydrogen-bond acceptors (Lipinski definition) is 2. The second-order valence-electron chi connectivity index (χ2n) is 3.43. The summed E-state index contributed by atoms with van der Waals surface area (Å²) >= 11 is 0. The number of aromatic amines is 1. The van der Waals surface area contributed by atoms with Crippen LogP contribution in [-0.2, 0) is 6.42 Å². The molecular formula is C9H15N3. The summed E-state index contributed by atoms with van der Waals surface area (Å²) < 4.78 is 0. The van der Waals surface area contributed by atoms with Gasteiger partial charge < -0.3 is 5.32 Å². The summed E-state index contributed by atoms with van der Waals surface area (Å²) in [5, 5.41) is 10.6. The van der Waals surface area contributed by atoms with Gasteiger partial charge in [-0.25, -0.2) is 0 Å². The molecule has 1 aromatic rings. The molecule has 12 heavy (non-hydrogen) atoms. The molecule has 0 fully saturated rings. The molecular weight excluding hydrogens is 150 g/mol. The quantitative estimate of drug-likeness (QED) is 0.702. The van der Waals surface area contributed by atoms with E-state index in [1.165, 1.54) is 24.1 Å². The minimum Gasteiger partial charge on any atom is -0.369 e. The lowest BCUT2D eigenvalue weighted by atomic mass is 10.1. The van der Waals surface area contributed by atoms with Crippen molar-refractivity contribution in [2.24, 2.45) is 0 Å². The molecule has 0 saturated carbocycles. The Hall–Kier alpha value is -0.990. The highest BCUT2D eigenvalue weighted by Gasteiger charge is 2.23. The number of nitrogens with zero attached hydrogens (tertiary/aromatic N) is 1. The first-order valence-corrected chi connectivity index (χ1v) is 4.64. The fourth-order valence-electron chi connectivity index (χ4n) is 1.86. The maximum Gasteiger partial charge on any atom is 0.151 e. The smallest absolute Gasteiger partial charge is 0.151 e. The van der Waals surface area contributed by atoms with Crippen LogP contribution in [0.15, 0.2) is 0 Å². The van der Waals surface area contributed by atoms with Gasteiger partial charge in [0.1, 0.15) is 0 Å². The summed E-state index contributed by atoms with van der Waals surface area (Å²) in [5.41, 5.74) is 2.75. The molecule has 2 N–H and O–H groups in total. The van der Waals surface area contributed by atoms with Gasteiger partial charge in [-0.2, -0.15) is 5.10 Å². The molecule has 0 amide bonds. The second-order valence-corrected chi connectivity index (χ2v) is 3.43. The van der Waals surface area contributed by atoms with Gasteiger partial charge in [-0.3, -0.25) is 5.10 Å². The topological polar surface area (TPSA) is 40.7 Å². The SMILES string of the molecule is CCNc1n[nH]c2c1CCC2C.